The van der Waals surface area contributed by atoms with E-state index in [1.165, 1.54) is 5.56 Å². The first kappa shape index (κ1) is 19.6. The zero-order chi connectivity index (χ0) is 20.7. The summed E-state index contributed by atoms with van der Waals surface area (Å²) >= 11 is 12.4. The van der Waals surface area contributed by atoms with Crippen LogP contribution in [0.4, 0.5) is 0 Å². The molecule has 0 bridgehead atoms. The van der Waals surface area contributed by atoms with Crippen molar-refractivity contribution in [2.75, 3.05) is 26.2 Å². The SMILES string of the molecule is O=C1C2=C(CCN(Cc3ccccc3)C2)N2CCN=C2N1Cc1ccc(Cl)cc1Cl. The highest BCUT2D eigenvalue weighted by Crippen LogP contribution is 2.33. The second-order valence-corrected chi connectivity index (χ2v) is 8.68. The van der Waals surface area contributed by atoms with Crippen molar-refractivity contribution < 1.29 is 4.79 Å². The molecule has 5 nitrogen and oxygen atoms in total. The molecule has 30 heavy (non-hydrogen) atoms. The monoisotopic (exact) mass is 440 g/mol. The first-order valence-electron chi connectivity index (χ1n) is 10.2. The van der Waals surface area contributed by atoms with E-state index in [2.05, 4.69) is 39.1 Å². The predicted molar refractivity (Wildman–Crippen MR) is 119 cm³/mol. The third kappa shape index (κ3) is 3.62. The summed E-state index contributed by atoms with van der Waals surface area (Å²) in [6, 6.07) is 15.8. The molecule has 2 aromatic rings. The van der Waals surface area contributed by atoms with Gasteiger partial charge in [0, 0.05) is 48.3 Å². The predicted octanol–water partition coefficient (Wildman–Crippen LogP) is 4.17. The minimum atomic E-state index is 0.0330. The molecule has 0 saturated carbocycles. The molecule has 3 heterocycles. The summed E-state index contributed by atoms with van der Waals surface area (Å²) < 4.78 is 0. The van der Waals surface area contributed by atoms with Gasteiger partial charge in [0.25, 0.3) is 5.91 Å². The molecule has 0 saturated heterocycles. The van der Waals surface area contributed by atoms with E-state index in [1.54, 1.807) is 17.0 Å². The molecule has 2 aromatic carbocycles. The maximum atomic E-state index is 13.5. The summed E-state index contributed by atoms with van der Waals surface area (Å²) in [5, 5.41) is 1.15. The van der Waals surface area contributed by atoms with Gasteiger partial charge in [0.15, 0.2) is 0 Å². The van der Waals surface area contributed by atoms with Gasteiger partial charge in [0.05, 0.1) is 18.7 Å². The summed E-state index contributed by atoms with van der Waals surface area (Å²) in [5.74, 6) is 0.784. The molecule has 0 aromatic heterocycles. The van der Waals surface area contributed by atoms with Crippen molar-refractivity contribution >= 4 is 35.1 Å². The fourth-order valence-corrected chi connectivity index (χ4v) is 4.88. The molecular formula is C23H22Cl2N4O. The first-order chi connectivity index (χ1) is 14.6. The van der Waals surface area contributed by atoms with Crippen LogP contribution in [0.3, 0.4) is 0 Å². The van der Waals surface area contributed by atoms with Crippen LogP contribution in [-0.2, 0) is 17.9 Å². The highest BCUT2D eigenvalue weighted by molar-refractivity contribution is 6.35. The Morgan fingerprint density at radius 3 is 2.63 bits per heavy atom. The van der Waals surface area contributed by atoms with Crippen molar-refractivity contribution in [3.8, 4) is 0 Å². The third-order valence-electron chi connectivity index (χ3n) is 5.88. The van der Waals surface area contributed by atoms with Crippen molar-refractivity contribution in [2.24, 2.45) is 4.99 Å². The van der Waals surface area contributed by atoms with Gasteiger partial charge in [0.1, 0.15) is 0 Å². The van der Waals surface area contributed by atoms with E-state index in [9.17, 15) is 4.79 Å². The smallest absolute Gasteiger partial charge is 0.259 e. The van der Waals surface area contributed by atoms with Gasteiger partial charge < -0.3 is 4.90 Å². The topological polar surface area (TPSA) is 39.2 Å². The highest BCUT2D eigenvalue weighted by Gasteiger charge is 2.41. The molecule has 1 amide bonds. The standard InChI is InChI=1S/C23H22Cl2N4O/c24-18-7-6-17(20(25)12-18)14-29-22(30)19-15-27(13-16-4-2-1-3-5-16)10-8-21(19)28-11-9-26-23(28)29/h1-7,12H,8-11,13-15H2. The summed E-state index contributed by atoms with van der Waals surface area (Å²) in [4.78, 5) is 24.5. The van der Waals surface area contributed by atoms with Crippen LogP contribution in [-0.4, -0.2) is 52.7 Å². The molecule has 0 atom stereocenters. The fraction of sp³-hybridized carbons (Fsp3) is 0.304. The Labute approximate surface area is 186 Å². The second-order valence-electron chi connectivity index (χ2n) is 7.83. The van der Waals surface area contributed by atoms with Crippen LogP contribution in [0.5, 0.6) is 0 Å². The van der Waals surface area contributed by atoms with Gasteiger partial charge in [-0.2, -0.15) is 0 Å². The van der Waals surface area contributed by atoms with Crippen LogP contribution in [0.1, 0.15) is 17.5 Å². The van der Waals surface area contributed by atoms with Gasteiger partial charge in [-0.3, -0.25) is 19.6 Å². The normalized spacial score (nSPS) is 19.1. The lowest BCUT2D eigenvalue weighted by molar-refractivity contribution is -0.125. The number of carbonyl (C=O) groups is 1. The molecule has 3 aliphatic rings. The Kier molecular flexibility index (Phi) is 5.27. The number of benzene rings is 2. The van der Waals surface area contributed by atoms with E-state index in [1.807, 2.05) is 12.1 Å². The molecule has 0 radical (unpaired) electrons. The van der Waals surface area contributed by atoms with Crippen LogP contribution in [0, 0.1) is 0 Å². The first-order valence-corrected chi connectivity index (χ1v) is 10.9. The van der Waals surface area contributed by atoms with Gasteiger partial charge in [-0.1, -0.05) is 59.6 Å². The van der Waals surface area contributed by atoms with Crippen molar-refractivity contribution in [3.05, 3.63) is 81.0 Å². The van der Waals surface area contributed by atoms with Gasteiger partial charge in [-0.15, -0.1) is 0 Å². The summed E-state index contributed by atoms with van der Waals surface area (Å²) in [6.45, 7) is 4.35. The summed E-state index contributed by atoms with van der Waals surface area (Å²) in [6.07, 6.45) is 0.864. The number of fused-ring (bicyclic) bond motifs is 2. The van der Waals surface area contributed by atoms with Gasteiger partial charge in [0.2, 0.25) is 5.96 Å². The molecule has 0 aliphatic carbocycles. The van der Waals surface area contributed by atoms with E-state index in [0.29, 0.717) is 29.7 Å². The molecular weight excluding hydrogens is 419 g/mol. The van der Waals surface area contributed by atoms with Crippen LogP contribution >= 0.6 is 23.2 Å². The fourth-order valence-electron chi connectivity index (χ4n) is 4.41. The molecule has 5 rings (SSSR count). The highest BCUT2D eigenvalue weighted by atomic mass is 35.5. The van der Waals surface area contributed by atoms with Gasteiger partial charge in [-0.05, 0) is 23.3 Å². The zero-order valence-electron chi connectivity index (χ0n) is 16.5. The quantitative estimate of drug-likeness (QED) is 0.715. The van der Waals surface area contributed by atoms with Crippen molar-refractivity contribution in [1.29, 1.82) is 0 Å². The Bertz CT molecular complexity index is 1050. The average Bonchev–Trinajstić information content (AvgIpc) is 3.23. The van der Waals surface area contributed by atoms with E-state index >= 15 is 0 Å². The number of aliphatic imine (C=N–C) groups is 1. The number of hydrogen-bond donors (Lipinski definition) is 0. The maximum absolute atomic E-state index is 13.5. The van der Waals surface area contributed by atoms with Crippen LogP contribution in [0.2, 0.25) is 10.0 Å². The lowest BCUT2D eigenvalue weighted by atomic mass is 10.00. The number of hydrogen-bond acceptors (Lipinski definition) is 4. The summed E-state index contributed by atoms with van der Waals surface area (Å²) in [5.41, 5.74) is 4.14. The van der Waals surface area contributed by atoms with E-state index < -0.39 is 0 Å². The Morgan fingerprint density at radius 2 is 1.83 bits per heavy atom. The second kappa shape index (κ2) is 8.06. The van der Waals surface area contributed by atoms with Crippen molar-refractivity contribution in [3.63, 3.8) is 0 Å². The zero-order valence-corrected chi connectivity index (χ0v) is 18.0. The number of carbonyl (C=O) groups excluding carboxylic acids is 1. The van der Waals surface area contributed by atoms with E-state index in [0.717, 1.165) is 48.8 Å². The summed E-state index contributed by atoms with van der Waals surface area (Å²) in [7, 11) is 0. The largest absolute Gasteiger partial charge is 0.314 e. The Morgan fingerprint density at radius 1 is 1.00 bits per heavy atom. The molecule has 0 N–H and O–H groups in total. The number of guanidine groups is 1. The van der Waals surface area contributed by atoms with E-state index in [-0.39, 0.29) is 5.91 Å². The molecule has 0 spiro atoms. The van der Waals surface area contributed by atoms with Gasteiger partial charge in [-0.25, -0.2) is 0 Å². The van der Waals surface area contributed by atoms with Crippen LogP contribution in [0.15, 0.2) is 64.8 Å². The van der Waals surface area contributed by atoms with Crippen LogP contribution in [0.25, 0.3) is 0 Å². The van der Waals surface area contributed by atoms with Crippen LogP contribution < -0.4 is 0 Å². The van der Waals surface area contributed by atoms with Crippen molar-refractivity contribution in [2.45, 2.75) is 19.5 Å². The number of amides is 1. The van der Waals surface area contributed by atoms with Gasteiger partial charge >= 0.3 is 0 Å². The lowest BCUT2D eigenvalue weighted by Gasteiger charge is -2.42. The molecule has 7 heteroatoms. The number of halogens is 2. The lowest BCUT2D eigenvalue weighted by Crippen LogP contribution is -2.53. The van der Waals surface area contributed by atoms with E-state index in [4.69, 9.17) is 23.2 Å². The minimum Gasteiger partial charge on any atom is -0.314 e. The Balaban J connectivity index is 1.42. The van der Waals surface area contributed by atoms with Crippen molar-refractivity contribution in [1.82, 2.24) is 14.7 Å². The molecule has 154 valence electrons. The maximum Gasteiger partial charge on any atom is 0.259 e. The Hall–Kier alpha value is -2.34. The number of rotatable bonds is 4. The molecule has 0 unspecified atom stereocenters. The minimum absolute atomic E-state index is 0.0330. The number of nitrogens with zero attached hydrogens (tertiary/aromatic N) is 4. The molecule has 3 aliphatic heterocycles. The average molecular weight is 441 g/mol. The molecule has 0 fully saturated rings. The third-order valence-corrected chi connectivity index (χ3v) is 6.46.